The third kappa shape index (κ3) is 0.973. The predicted molar refractivity (Wildman–Crippen MR) is 44.8 cm³/mol. The summed E-state index contributed by atoms with van der Waals surface area (Å²) in [5.74, 6) is 6.53. The van der Waals surface area contributed by atoms with Crippen molar-refractivity contribution in [1.82, 2.24) is 5.01 Å². The molecule has 1 aliphatic carbocycles. The minimum Gasteiger partial charge on any atom is -0.270 e. The maximum atomic E-state index is 5.63. The molecule has 2 aliphatic rings. The molecule has 58 valence electrons. The number of hydrogen-bond donors (Lipinski definition) is 1. The van der Waals surface area contributed by atoms with Crippen molar-refractivity contribution in [1.29, 1.82) is 0 Å². The second-order valence-electron chi connectivity index (χ2n) is 2.79. The number of hydrazine groups is 1. The minimum absolute atomic E-state index is 0.900. The lowest BCUT2D eigenvalue weighted by Crippen LogP contribution is -2.29. The Bertz CT molecular complexity index is 267. The molecular formula is C8H11N3. The standard InChI is InChI=1S/C8H11N3/c1-10-8-7(6-2-3-6)4-5-11(8)9/h4-5H,2-3,9H2,1H3/b10-8+. The minimum atomic E-state index is 0.900. The molecule has 0 saturated heterocycles. The third-order valence-electron chi connectivity index (χ3n) is 1.98. The first-order valence-electron chi connectivity index (χ1n) is 3.74. The zero-order valence-electron chi connectivity index (χ0n) is 6.54. The third-order valence-corrected chi connectivity index (χ3v) is 1.98. The Morgan fingerprint density at radius 3 is 2.82 bits per heavy atom. The van der Waals surface area contributed by atoms with Crippen LogP contribution in [0.25, 0.3) is 0 Å². The summed E-state index contributed by atoms with van der Waals surface area (Å²) in [6, 6.07) is 0. The van der Waals surface area contributed by atoms with Crippen molar-refractivity contribution in [2.75, 3.05) is 7.05 Å². The summed E-state index contributed by atoms with van der Waals surface area (Å²) in [5, 5.41) is 1.57. The first-order chi connectivity index (χ1) is 5.33. The van der Waals surface area contributed by atoms with Crippen LogP contribution in [0.15, 0.2) is 28.4 Å². The molecule has 0 bridgehead atoms. The van der Waals surface area contributed by atoms with Crippen LogP contribution in [-0.2, 0) is 0 Å². The van der Waals surface area contributed by atoms with Gasteiger partial charge in [0.25, 0.3) is 0 Å². The molecule has 2 rings (SSSR count). The summed E-state index contributed by atoms with van der Waals surface area (Å²) in [4.78, 5) is 4.11. The van der Waals surface area contributed by atoms with Crippen LogP contribution in [0.1, 0.15) is 12.8 Å². The zero-order valence-corrected chi connectivity index (χ0v) is 6.54. The Labute approximate surface area is 65.9 Å². The fraction of sp³-hybridized carbons (Fsp3) is 0.375. The van der Waals surface area contributed by atoms with Gasteiger partial charge in [-0.25, -0.2) is 5.84 Å². The van der Waals surface area contributed by atoms with E-state index in [0.29, 0.717) is 0 Å². The van der Waals surface area contributed by atoms with Gasteiger partial charge in [0, 0.05) is 18.8 Å². The van der Waals surface area contributed by atoms with Crippen LogP contribution >= 0.6 is 0 Å². The van der Waals surface area contributed by atoms with Crippen molar-refractivity contribution in [3.8, 4) is 0 Å². The Morgan fingerprint density at radius 1 is 1.55 bits per heavy atom. The van der Waals surface area contributed by atoms with E-state index in [4.69, 9.17) is 5.84 Å². The van der Waals surface area contributed by atoms with Gasteiger partial charge in [0.1, 0.15) is 5.84 Å². The van der Waals surface area contributed by atoms with Crippen LogP contribution < -0.4 is 5.84 Å². The van der Waals surface area contributed by atoms with E-state index in [2.05, 4.69) is 4.99 Å². The molecule has 3 nitrogen and oxygen atoms in total. The van der Waals surface area contributed by atoms with E-state index in [1.54, 1.807) is 12.1 Å². The van der Waals surface area contributed by atoms with Gasteiger partial charge in [-0.15, -0.1) is 0 Å². The van der Waals surface area contributed by atoms with Crippen molar-refractivity contribution in [2.45, 2.75) is 12.8 Å². The highest BCUT2D eigenvalue weighted by molar-refractivity contribution is 6.04. The highest BCUT2D eigenvalue weighted by Gasteiger charge is 2.24. The quantitative estimate of drug-likeness (QED) is 0.518. The highest BCUT2D eigenvalue weighted by Crippen LogP contribution is 2.34. The largest absolute Gasteiger partial charge is 0.270 e. The van der Waals surface area contributed by atoms with Gasteiger partial charge in [-0.2, -0.15) is 0 Å². The second kappa shape index (κ2) is 2.20. The fourth-order valence-corrected chi connectivity index (χ4v) is 1.28. The molecule has 1 saturated carbocycles. The van der Waals surface area contributed by atoms with Crippen LogP contribution in [0.5, 0.6) is 0 Å². The first kappa shape index (κ1) is 6.61. The van der Waals surface area contributed by atoms with E-state index in [1.807, 2.05) is 12.3 Å². The maximum Gasteiger partial charge on any atom is 0.149 e. The van der Waals surface area contributed by atoms with E-state index in [-0.39, 0.29) is 0 Å². The van der Waals surface area contributed by atoms with Crippen LogP contribution in [0.4, 0.5) is 0 Å². The zero-order chi connectivity index (χ0) is 7.84. The molecule has 0 aromatic heterocycles. The summed E-state index contributed by atoms with van der Waals surface area (Å²) < 4.78 is 0. The molecule has 1 aliphatic heterocycles. The van der Waals surface area contributed by atoms with Crippen LogP contribution in [0.3, 0.4) is 0 Å². The summed E-state index contributed by atoms with van der Waals surface area (Å²) in [6.07, 6.45) is 6.31. The molecule has 2 N–H and O–H groups in total. The van der Waals surface area contributed by atoms with Crippen molar-refractivity contribution in [3.63, 3.8) is 0 Å². The van der Waals surface area contributed by atoms with Gasteiger partial charge in [0.05, 0.1) is 0 Å². The summed E-state index contributed by atoms with van der Waals surface area (Å²) in [5.41, 5.74) is 2.71. The highest BCUT2D eigenvalue weighted by atomic mass is 15.4. The topological polar surface area (TPSA) is 41.6 Å². The molecule has 0 atom stereocenters. The number of aliphatic imine (C=N–C) groups is 1. The predicted octanol–water partition coefficient (Wildman–Crippen LogP) is 0.808. The second-order valence-corrected chi connectivity index (χ2v) is 2.79. The van der Waals surface area contributed by atoms with Crippen LogP contribution in [0.2, 0.25) is 0 Å². The Hall–Kier alpha value is -1.09. The van der Waals surface area contributed by atoms with E-state index >= 15 is 0 Å². The number of nitrogens with zero attached hydrogens (tertiary/aromatic N) is 2. The van der Waals surface area contributed by atoms with Gasteiger partial charge >= 0.3 is 0 Å². The van der Waals surface area contributed by atoms with Crippen LogP contribution in [0, 0.1) is 0 Å². The number of amidine groups is 1. The lowest BCUT2D eigenvalue weighted by atomic mass is 10.2. The van der Waals surface area contributed by atoms with Crippen molar-refractivity contribution < 1.29 is 0 Å². The average Bonchev–Trinajstić information content (AvgIpc) is 2.76. The Morgan fingerprint density at radius 2 is 2.27 bits per heavy atom. The molecule has 3 heteroatoms. The molecule has 0 spiro atoms. The van der Waals surface area contributed by atoms with Crippen LogP contribution in [-0.4, -0.2) is 17.9 Å². The molecule has 11 heavy (non-hydrogen) atoms. The molecule has 1 fully saturated rings. The monoisotopic (exact) mass is 149 g/mol. The Balaban J connectivity index is 2.38. The number of rotatable bonds is 0. The van der Waals surface area contributed by atoms with Gasteiger partial charge in [0.15, 0.2) is 0 Å². The lowest BCUT2D eigenvalue weighted by Gasteiger charge is -2.08. The normalized spacial score (nSPS) is 25.6. The smallest absolute Gasteiger partial charge is 0.149 e. The number of hydrogen-bond acceptors (Lipinski definition) is 2. The fourth-order valence-electron chi connectivity index (χ4n) is 1.28. The molecular weight excluding hydrogens is 138 g/mol. The van der Waals surface area contributed by atoms with Gasteiger partial charge in [-0.05, 0) is 18.9 Å². The van der Waals surface area contributed by atoms with Crippen molar-refractivity contribution in [2.24, 2.45) is 10.8 Å². The molecule has 0 aromatic rings. The maximum absolute atomic E-state index is 5.63. The molecule has 0 aromatic carbocycles. The number of nitrogens with two attached hydrogens (primary N) is 1. The van der Waals surface area contributed by atoms with Gasteiger partial charge in [0.2, 0.25) is 0 Å². The van der Waals surface area contributed by atoms with Crippen molar-refractivity contribution in [3.05, 3.63) is 23.4 Å². The van der Waals surface area contributed by atoms with Crippen molar-refractivity contribution >= 4 is 5.84 Å². The van der Waals surface area contributed by atoms with E-state index in [9.17, 15) is 0 Å². The molecule has 0 unspecified atom stereocenters. The SMILES string of the molecule is C/N=C1\C(=C2CC2)C=CN1N. The molecule has 0 amide bonds. The summed E-state index contributed by atoms with van der Waals surface area (Å²) in [7, 11) is 1.77. The average molecular weight is 149 g/mol. The first-order valence-corrected chi connectivity index (χ1v) is 3.74. The molecule has 1 heterocycles. The lowest BCUT2D eigenvalue weighted by molar-refractivity contribution is 0.609. The van der Waals surface area contributed by atoms with Gasteiger partial charge < -0.3 is 0 Å². The van der Waals surface area contributed by atoms with E-state index in [1.165, 1.54) is 24.0 Å². The summed E-state index contributed by atoms with van der Waals surface area (Å²) in [6.45, 7) is 0. The van der Waals surface area contributed by atoms with E-state index < -0.39 is 0 Å². The van der Waals surface area contributed by atoms with E-state index in [0.717, 1.165) is 5.84 Å². The number of allylic oxidation sites excluding steroid dienone is 1. The molecule has 0 radical (unpaired) electrons. The Kier molecular flexibility index (Phi) is 1.32. The van der Waals surface area contributed by atoms with Gasteiger partial charge in [-0.1, -0.05) is 5.57 Å². The van der Waals surface area contributed by atoms with Gasteiger partial charge in [-0.3, -0.25) is 10.0 Å². The summed E-state index contributed by atoms with van der Waals surface area (Å²) >= 11 is 0.